The molecule has 0 spiro atoms. The third-order valence-electron chi connectivity index (χ3n) is 2.68. The first-order valence-electron chi connectivity index (χ1n) is 5.17. The fourth-order valence-electron chi connectivity index (χ4n) is 1.85. The van der Waals surface area contributed by atoms with E-state index in [4.69, 9.17) is 28.9 Å². The fraction of sp³-hybridized carbons (Fsp3) is 0.556. The number of primary amides is 1. The highest BCUT2D eigenvalue weighted by Gasteiger charge is 2.25. The van der Waals surface area contributed by atoms with Crippen molar-refractivity contribution in [2.75, 3.05) is 18.0 Å². The van der Waals surface area contributed by atoms with Crippen LogP contribution in [0.4, 0.5) is 5.95 Å². The number of carbonyl (C=O) groups excluding carboxylic acids is 1. The number of amides is 1. The van der Waals surface area contributed by atoms with Crippen LogP contribution in [0.1, 0.15) is 12.8 Å². The Morgan fingerprint density at radius 2 is 1.94 bits per heavy atom. The highest BCUT2D eigenvalue weighted by Crippen LogP contribution is 2.21. The van der Waals surface area contributed by atoms with Crippen LogP contribution in [0.25, 0.3) is 0 Å². The number of halogens is 2. The van der Waals surface area contributed by atoms with Gasteiger partial charge in [0.25, 0.3) is 0 Å². The molecule has 1 fully saturated rings. The molecular formula is C9H11Cl2N5O. The van der Waals surface area contributed by atoms with Crippen LogP contribution in [0.15, 0.2) is 0 Å². The molecule has 17 heavy (non-hydrogen) atoms. The summed E-state index contributed by atoms with van der Waals surface area (Å²) in [6.45, 7) is 1.24. The Morgan fingerprint density at radius 1 is 1.29 bits per heavy atom. The lowest BCUT2D eigenvalue weighted by Gasteiger charge is -2.31. The number of nitrogens with zero attached hydrogens (tertiary/aromatic N) is 4. The van der Waals surface area contributed by atoms with Gasteiger partial charge in [0.15, 0.2) is 0 Å². The third-order valence-corrected chi connectivity index (χ3v) is 3.01. The molecule has 2 heterocycles. The zero-order valence-electron chi connectivity index (χ0n) is 8.94. The summed E-state index contributed by atoms with van der Waals surface area (Å²) in [5.74, 6) is -0.0973. The maximum absolute atomic E-state index is 11.2. The Bertz CT molecular complexity index is 421. The Balaban J connectivity index is 2.18. The number of anilines is 1. The molecule has 1 aliphatic rings. The number of nitrogens with two attached hydrogens (primary N) is 1. The van der Waals surface area contributed by atoms with E-state index in [1.54, 1.807) is 0 Å². The highest BCUT2D eigenvalue weighted by molar-refractivity contribution is 6.31. The molecule has 1 aliphatic heterocycles. The molecule has 1 saturated heterocycles. The summed E-state index contributed by atoms with van der Waals surface area (Å²) >= 11 is 11.4. The number of piperidine rings is 1. The maximum Gasteiger partial charge on any atom is 0.230 e. The molecular weight excluding hydrogens is 265 g/mol. The summed E-state index contributed by atoms with van der Waals surface area (Å²) in [6.07, 6.45) is 1.65. The molecule has 1 atom stereocenters. The first-order chi connectivity index (χ1) is 8.06. The van der Waals surface area contributed by atoms with Gasteiger partial charge in [0.2, 0.25) is 22.4 Å². The zero-order valence-corrected chi connectivity index (χ0v) is 10.4. The van der Waals surface area contributed by atoms with Crippen LogP contribution >= 0.6 is 23.2 Å². The standard InChI is InChI=1S/C9H11Cl2N5O/c10-7-13-8(11)15-9(14-7)16-3-1-2-5(4-16)6(12)17/h5H,1-4H2,(H2,12,17). The Morgan fingerprint density at radius 3 is 2.53 bits per heavy atom. The normalized spacial score (nSPS) is 20.4. The van der Waals surface area contributed by atoms with Crippen molar-refractivity contribution in [3.05, 3.63) is 10.6 Å². The van der Waals surface area contributed by atoms with Crippen molar-refractivity contribution in [3.8, 4) is 0 Å². The molecule has 1 aromatic rings. The van der Waals surface area contributed by atoms with Gasteiger partial charge in [-0.3, -0.25) is 4.79 Å². The topological polar surface area (TPSA) is 85.0 Å². The lowest BCUT2D eigenvalue weighted by molar-refractivity contribution is -0.122. The maximum atomic E-state index is 11.2. The van der Waals surface area contributed by atoms with E-state index in [1.165, 1.54) is 0 Å². The minimum absolute atomic E-state index is 0.0428. The summed E-state index contributed by atoms with van der Waals surface area (Å²) in [4.78, 5) is 24.6. The second kappa shape index (κ2) is 5.01. The van der Waals surface area contributed by atoms with E-state index >= 15 is 0 Å². The van der Waals surface area contributed by atoms with Crippen molar-refractivity contribution in [1.82, 2.24) is 15.0 Å². The van der Waals surface area contributed by atoms with Crippen molar-refractivity contribution in [3.63, 3.8) is 0 Å². The molecule has 0 saturated carbocycles. The quantitative estimate of drug-likeness (QED) is 0.866. The lowest BCUT2D eigenvalue weighted by atomic mass is 9.98. The minimum atomic E-state index is -0.305. The Kier molecular flexibility index (Phi) is 3.63. The van der Waals surface area contributed by atoms with Crippen LogP contribution in [0.5, 0.6) is 0 Å². The first kappa shape index (κ1) is 12.3. The summed E-state index contributed by atoms with van der Waals surface area (Å²) < 4.78 is 0. The Hall–Kier alpha value is -1.14. The van der Waals surface area contributed by atoms with E-state index in [1.807, 2.05) is 4.90 Å². The molecule has 8 heteroatoms. The fourth-order valence-corrected chi connectivity index (χ4v) is 2.20. The third kappa shape index (κ3) is 2.95. The molecule has 0 aromatic carbocycles. The average molecular weight is 276 g/mol. The summed E-state index contributed by atoms with van der Waals surface area (Å²) in [7, 11) is 0. The second-order valence-corrected chi connectivity index (χ2v) is 4.54. The van der Waals surface area contributed by atoms with Crippen LogP contribution in [-0.4, -0.2) is 33.9 Å². The smallest absolute Gasteiger partial charge is 0.230 e. The van der Waals surface area contributed by atoms with Crippen molar-refractivity contribution in [1.29, 1.82) is 0 Å². The van der Waals surface area contributed by atoms with E-state index in [0.29, 0.717) is 12.5 Å². The van der Waals surface area contributed by atoms with E-state index < -0.39 is 0 Å². The van der Waals surface area contributed by atoms with Gasteiger partial charge in [-0.25, -0.2) is 0 Å². The summed E-state index contributed by atoms with van der Waals surface area (Å²) in [5, 5.41) is 0.0856. The van der Waals surface area contributed by atoms with Gasteiger partial charge in [-0.2, -0.15) is 15.0 Å². The second-order valence-electron chi connectivity index (χ2n) is 3.86. The number of hydrogen-bond acceptors (Lipinski definition) is 5. The predicted octanol–water partition coefficient (Wildman–Crippen LogP) is 0.880. The van der Waals surface area contributed by atoms with Crippen molar-refractivity contribution in [2.45, 2.75) is 12.8 Å². The van der Waals surface area contributed by atoms with Crippen LogP contribution in [0, 0.1) is 5.92 Å². The highest BCUT2D eigenvalue weighted by atomic mass is 35.5. The van der Waals surface area contributed by atoms with Gasteiger partial charge >= 0.3 is 0 Å². The predicted molar refractivity (Wildman–Crippen MR) is 64.0 cm³/mol. The van der Waals surface area contributed by atoms with Gasteiger partial charge in [-0.05, 0) is 36.0 Å². The zero-order chi connectivity index (χ0) is 12.4. The molecule has 1 aromatic heterocycles. The summed E-state index contributed by atoms with van der Waals surface area (Å²) in [5.41, 5.74) is 5.30. The molecule has 0 bridgehead atoms. The van der Waals surface area contributed by atoms with Crippen molar-refractivity contribution in [2.24, 2.45) is 11.7 Å². The van der Waals surface area contributed by atoms with Crippen molar-refractivity contribution >= 4 is 35.1 Å². The van der Waals surface area contributed by atoms with Crippen LogP contribution in [-0.2, 0) is 4.79 Å². The van der Waals surface area contributed by atoms with Gasteiger partial charge in [0, 0.05) is 13.1 Å². The molecule has 92 valence electrons. The number of aromatic nitrogens is 3. The van der Waals surface area contributed by atoms with Crippen LogP contribution in [0.2, 0.25) is 10.6 Å². The van der Waals surface area contributed by atoms with E-state index in [-0.39, 0.29) is 22.4 Å². The molecule has 0 aliphatic carbocycles. The van der Waals surface area contributed by atoms with E-state index in [2.05, 4.69) is 15.0 Å². The van der Waals surface area contributed by atoms with Gasteiger partial charge in [-0.15, -0.1) is 0 Å². The molecule has 6 nitrogen and oxygen atoms in total. The number of carbonyl (C=O) groups is 1. The molecule has 1 unspecified atom stereocenters. The SMILES string of the molecule is NC(=O)C1CCCN(c2nc(Cl)nc(Cl)n2)C1. The largest absolute Gasteiger partial charge is 0.369 e. The number of hydrogen-bond donors (Lipinski definition) is 1. The molecule has 0 radical (unpaired) electrons. The number of rotatable bonds is 2. The van der Waals surface area contributed by atoms with E-state index in [0.717, 1.165) is 19.4 Å². The Labute approximate surface area is 108 Å². The molecule has 1 amide bonds. The lowest BCUT2D eigenvalue weighted by Crippen LogP contribution is -2.42. The van der Waals surface area contributed by atoms with Gasteiger partial charge in [0.05, 0.1) is 5.92 Å². The van der Waals surface area contributed by atoms with E-state index in [9.17, 15) is 4.79 Å². The van der Waals surface area contributed by atoms with Crippen LogP contribution in [0.3, 0.4) is 0 Å². The minimum Gasteiger partial charge on any atom is -0.369 e. The van der Waals surface area contributed by atoms with Gasteiger partial charge in [-0.1, -0.05) is 0 Å². The van der Waals surface area contributed by atoms with Crippen LogP contribution < -0.4 is 10.6 Å². The summed E-state index contributed by atoms with van der Waals surface area (Å²) in [6, 6.07) is 0. The average Bonchev–Trinajstić information content (AvgIpc) is 2.28. The van der Waals surface area contributed by atoms with Gasteiger partial charge in [0.1, 0.15) is 0 Å². The molecule has 2 rings (SSSR count). The molecule has 2 N–H and O–H groups in total. The van der Waals surface area contributed by atoms with Crippen molar-refractivity contribution < 1.29 is 4.79 Å². The first-order valence-corrected chi connectivity index (χ1v) is 5.93. The monoisotopic (exact) mass is 275 g/mol. The van der Waals surface area contributed by atoms with Gasteiger partial charge < -0.3 is 10.6 Å².